The Morgan fingerprint density at radius 3 is 2.48 bits per heavy atom. The zero-order valence-corrected chi connectivity index (χ0v) is 16.8. The third-order valence-electron chi connectivity index (χ3n) is 5.85. The molecule has 5 atom stereocenters. The average molecular weight is 409 g/mol. The zero-order chi connectivity index (χ0) is 21.2. The van der Waals surface area contributed by atoms with Gasteiger partial charge in [0.15, 0.2) is 0 Å². The number of carboxylic acid groups (broad SMARTS) is 1. The molecule has 1 fully saturated rings. The molecule has 1 aliphatic carbocycles. The number of rotatable bonds is 12. The van der Waals surface area contributed by atoms with Gasteiger partial charge < -0.3 is 20.4 Å². The van der Waals surface area contributed by atoms with E-state index in [1.54, 1.807) is 24.3 Å². The van der Waals surface area contributed by atoms with Crippen molar-refractivity contribution in [2.24, 2.45) is 11.8 Å². The first-order valence-corrected chi connectivity index (χ1v) is 10.6. The molecule has 5 nitrogen and oxygen atoms in total. The molecule has 0 radical (unpaired) electrons. The molecule has 0 aromatic heterocycles. The lowest BCUT2D eigenvalue weighted by Gasteiger charge is -2.24. The van der Waals surface area contributed by atoms with Crippen LogP contribution < -0.4 is 0 Å². The van der Waals surface area contributed by atoms with Gasteiger partial charge in [-0.05, 0) is 61.6 Å². The molecule has 0 aliphatic heterocycles. The molecular weight excluding hydrogens is 375 g/mol. The van der Waals surface area contributed by atoms with Crippen molar-refractivity contribution in [2.45, 2.75) is 76.1 Å². The van der Waals surface area contributed by atoms with Crippen molar-refractivity contribution >= 4 is 12.0 Å². The number of aliphatic hydroxyl groups is 3. The second-order valence-corrected chi connectivity index (χ2v) is 8.10. The second kappa shape index (κ2) is 12.1. The lowest BCUT2D eigenvalue weighted by molar-refractivity contribution is -0.137. The smallest absolute Gasteiger partial charge is 0.303 e. The Morgan fingerprint density at radius 2 is 1.79 bits per heavy atom. The number of benzene rings is 1. The minimum atomic E-state index is -0.774. The van der Waals surface area contributed by atoms with Crippen molar-refractivity contribution in [1.82, 2.24) is 0 Å². The Kier molecular flexibility index (Phi) is 9.78. The molecule has 0 spiro atoms. The van der Waals surface area contributed by atoms with E-state index in [4.69, 9.17) is 5.11 Å². The number of hydrogen-bond donors (Lipinski definition) is 4. The van der Waals surface area contributed by atoms with E-state index in [0.29, 0.717) is 31.2 Å². The van der Waals surface area contributed by atoms with Gasteiger partial charge in [-0.2, -0.15) is 0 Å². The van der Waals surface area contributed by atoms with E-state index in [0.717, 1.165) is 25.7 Å². The van der Waals surface area contributed by atoms with Gasteiger partial charge in [0.1, 0.15) is 5.82 Å². The highest BCUT2D eigenvalue weighted by Crippen LogP contribution is 2.39. The monoisotopic (exact) mass is 408 g/mol. The Morgan fingerprint density at radius 1 is 1.10 bits per heavy atom. The minimum absolute atomic E-state index is 0.00359. The van der Waals surface area contributed by atoms with Crippen LogP contribution in [-0.2, 0) is 4.79 Å². The average Bonchev–Trinajstić information content (AvgIpc) is 2.93. The topological polar surface area (TPSA) is 98.0 Å². The van der Waals surface area contributed by atoms with Crippen molar-refractivity contribution in [3.05, 3.63) is 41.7 Å². The molecule has 0 saturated heterocycles. The van der Waals surface area contributed by atoms with E-state index in [9.17, 15) is 24.5 Å². The summed E-state index contributed by atoms with van der Waals surface area (Å²) >= 11 is 0. The highest BCUT2D eigenvalue weighted by Gasteiger charge is 2.40. The van der Waals surface area contributed by atoms with Crippen molar-refractivity contribution in [3.8, 4) is 0 Å². The van der Waals surface area contributed by atoms with E-state index in [2.05, 4.69) is 0 Å². The van der Waals surface area contributed by atoms with Gasteiger partial charge in [0.25, 0.3) is 0 Å². The molecule has 2 rings (SSSR count). The zero-order valence-electron chi connectivity index (χ0n) is 16.8. The van der Waals surface area contributed by atoms with E-state index in [-0.39, 0.29) is 24.1 Å². The summed E-state index contributed by atoms with van der Waals surface area (Å²) in [5.74, 6) is -1.15. The van der Waals surface area contributed by atoms with Gasteiger partial charge in [0, 0.05) is 6.42 Å². The summed E-state index contributed by atoms with van der Waals surface area (Å²) in [6, 6.07) is 6.14. The first-order chi connectivity index (χ1) is 13.9. The van der Waals surface area contributed by atoms with E-state index in [1.807, 2.05) is 0 Å². The van der Waals surface area contributed by atoms with Gasteiger partial charge in [0.2, 0.25) is 0 Å². The summed E-state index contributed by atoms with van der Waals surface area (Å²) in [7, 11) is 0. The molecule has 0 heterocycles. The molecule has 1 saturated carbocycles. The van der Waals surface area contributed by atoms with Gasteiger partial charge in [0.05, 0.1) is 18.3 Å². The number of aliphatic carboxylic acids is 1. The predicted molar refractivity (Wildman–Crippen MR) is 110 cm³/mol. The fourth-order valence-corrected chi connectivity index (χ4v) is 4.28. The minimum Gasteiger partial charge on any atom is -0.481 e. The normalized spacial score (nSPS) is 25.5. The molecule has 29 heavy (non-hydrogen) atoms. The van der Waals surface area contributed by atoms with Crippen LogP contribution >= 0.6 is 0 Å². The summed E-state index contributed by atoms with van der Waals surface area (Å²) < 4.78 is 13.2. The van der Waals surface area contributed by atoms with E-state index in [1.165, 1.54) is 12.1 Å². The second-order valence-electron chi connectivity index (χ2n) is 8.10. The van der Waals surface area contributed by atoms with Gasteiger partial charge in [-0.1, -0.05) is 43.5 Å². The van der Waals surface area contributed by atoms with Gasteiger partial charge in [-0.15, -0.1) is 0 Å². The van der Waals surface area contributed by atoms with E-state index >= 15 is 0 Å². The van der Waals surface area contributed by atoms with Gasteiger partial charge >= 0.3 is 5.97 Å². The number of carboxylic acids is 1. The van der Waals surface area contributed by atoms with Crippen molar-refractivity contribution in [2.75, 3.05) is 0 Å². The lowest BCUT2D eigenvalue weighted by Crippen LogP contribution is -2.23. The molecular formula is C23H33FO5. The summed E-state index contributed by atoms with van der Waals surface area (Å²) in [5.41, 5.74) is 0.682. The van der Waals surface area contributed by atoms with Crippen LogP contribution in [0.3, 0.4) is 0 Å². The number of aliphatic hydroxyl groups excluding tert-OH is 3. The van der Waals surface area contributed by atoms with Crippen molar-refractivity contribution in [3.63, 3.8) is 0 Å². The fraction of sp³-hybridized carbons (Fsp3) is 0.609. The van der Waals surface area contributed by atoms with Crippen LogP contribution in [0.4, 0.5) is 4.39 Å². The molecule has 4 N–H and O–H groups in total. The summed E-state index contributed by atoms with van der Waals surface area (Å²) in [5, 5.41) is 39.5. The largest absolute Gasteiger partial charge is 0.481 e. The van der Waals surface area contributed by atoms with E-state index < -0.39 is 24.3 Å². The molecule has 1 aliphatic rings. The summed E-state index contributed by atoms with van der Waals surface area (Å²) in [6.45, 7) is 0. The highest BCUT2D eigenvalue weighted by atomic mass is 19.1. The first kappa shape index (κ1) is 23.5. The maximum Gasteiger partial charge on any atom is 0.303 e. The van der Waals surface area contributed by atoms with Crippen LogP contribution in [0.15, 0.2) is 30.3 Å². The van der Waals surface area contributed by atoms with Crippen molar-refractivity contribution in [1.29, 1.82) is 0 Å². The highest BCUT2D eigenvalue weighted by molar-refractivity contribution is 5.66. The lowest BCUT2D eigenvalue weighted by atomic mass is 9.85. The quantitative estimate of drug-likeness (QED) is 0.395. The molecule has 1 aromatic rings. The van der Waals surface area contributed by atoms with Crippen LogP contribution in [0.5, 0.6) is 0 Å². The van der Waals surface area contributed by atoms with Crippen LogP contribution in [0.1, 0.15) is 63.4 Å². The number of halogens is 1. The summed E-state index contributed by atoms with van der Waals surface area (Å²) in [4.78, 5) is 10.5. The number of hydrogen-bond acceptors (Lipinski definition) is 4. The Balaban J connectivity index is 1.76. The van der Waals surface area contributed by atoms with Crippen LogP contribution in [0.25, 0.3) is 6.08 Å². The number of unbranched alkanes of at least 4 members (excludes halogenated alkanes) is 3. The van der Waals surface area contributed by atoms with Crippen molar-refractivity contribution < 1.29 is 29.6 Å². The molecule has 162 valence electrons. The maximum atomic E-state index is 13.2. The molecule has 1 aromatic carbocycles. The first-order valence-electron chi connectivity index (χ1n) is 10.6. The fourth-order valence-electron chi connectivity index (χ4n) is 4.28. The Bertz CT molecular complexity index is 662. The third kappa shape index (κ3) is 8.25. The Labute approximate surface area is 171 Å². The molecule has 0 amide bonds. The van der Waals surface area contributed by atoms with Crippen LogP contribution in [-0.4, -0.2) is 44.7 Å². The van der Waals surface area contributed by atoms with Crippen LogP contribution in [0.2, 0.25) is 0 Å². The predicted octanol–water partition coefficient (Wildman–Crippen LogP) is 3.76. The molecule has 0 bridgehead atoms. The van der Waals surface area contributed by atoms with Gasteiger partial charge in [-0.25, -0.2) is 4.39 Å². The Hall–Kier alpha value is -1.76. The SMILES string of the molecule is O=C(O)CCCCCC[C@@H]1[C@@H](CCC(O)/C=C/c2cccc(F)c2)[C@H](O)C[C@@H]1O. The summed E-state index contributed by atoms with van der Waals surface area (Å²) in [6.07, 6.45) is 7.27. The van der Waals surface area contributed by atoms with Gasteiger partial charge in [-0.3, -0.25) is 4.79 Å². The maximum absolute atomic E-state index is 13.2. The molecule has 6 heteroatoms. The van der Waals surface area contributed by atoms with Crippen LogP contribution in [0, 0.1) is 17.7 Å². The number of carbonyl (C=O) groups is 1. The standard InChI is InChI=1S/C23H33FO5/c24-17-7-5-6-16(14-17)10-11-18(25)12-13-20-19(21(26)15-22(20)27)8-3-1-2-4-9-23(28)29/h5-7,10-11,14,18-22,25-27H,1-4,8-9,12-13,15H2,(H,28,29)/b11-10+/t18?,19-,20-,21+,22-/m1/s1. The third-order valence-corrected chi connectivity index (χ3v) is 5.85. The molecule has 1 unspecified atom stereocenters.